The predicted octanol–water partition coefficient (Wildman–Crippen LogP) is 4.79. The van der Waals surface area contributed by atoms with Crippen LogP contribution in [0.15, 0.2) is 35.7 Å². The van der Waals surface area contributed by atoms with Gasteiger partial charge in [-0.05, 0) is 35.7 Å². The van der Waals surface area contributed by atoms with Gasteiger partial charge in [-0.3, -0.25) is 4.79 Å². The molecule has 0 aliphatic heterocycles. The molecule has 3 aromatic rings. The number of anilines is 1. The van der Waals surface area contributed by atoms with Crippen molar-refractivity contribution in [2.75, 3.05) is 5.32 Å². The van der Waals surface area contributed by atoms with Crippen molar-refractivity contribution in [2.45, 2.75) is 0 Å². The fraction of sp³-hybridized carbons (Fsp3) is 0. The van der Waals surface area contributed by atoms with Crippen LogP contribution in [0.3, 0.4) is 0 Å². The van der Waals surface area contributed by atoms with Crippen LogP contribution in [0.1, 0.15) is 10.5 Å². The molecule has 0 unspecified atom stereocenters. The third-order valence-electron chi connectivity index (χ3n) is 2.66. The van der Waals surface area contributed by atoms with E-state index in [0.29, 0.717) is 21.4 Å². The second-order valence-corrected chi connectivity index (χ2v) is 5.75. The Hall–Kier alpha value is -1.49. The first-order valence-electron chi connectivity index (χ1n) is 5.46. The molecule has 0 saturated carbocycles. The van der Waals surface area contributed by atoms with E-state index in [4.69, 9.17) is 23.2 Å². The van der Waals surface area contributed by atoms with Gasteiger partial charge in [0.25, 0.3) is 5.91 Å². The first kappa shape index (κ1) is 12.5. The van der Waals surface area contributed by atoms with Gasteiger partial charge in [-0.1, -0.05) is 23.2 Å². The molecule has 0 fully saturated rings. The fourth-order valence-corrected chi connectivity index (χ4v) is 2.87. The average Bonchev–Trinajstić information content (AvgIpc) is 2.94. The maximum Gasteiger partial charge on any atom is 0.272 e. The van der Waals surface area contributed by atoms with Gasteiger partial charge < -0.3 is 10.3 Å². The number of amides is 1. The number of hydrogen-bond acceptors (Lipinski definition) is 2. The maximum absolute atomic E-state index is 12.1. The number of carbonyl (C=O) groups excluding carboxylic acids is 1. The van der Waals surface area contributed by atoms with Gasteiger partial charge in [0.2, 0.25) is 0 Å². The lowest BCUT2D eigenvalue weighted by molar-refractivity contribution is 0.102. The van der Waals surface area contributed by atoms with Gasteiger partial charge in [-0.15, -0.1) is 11.3 Å². The van der Waals surface area contributed by atoms with E-state index >= 15 is 0 Å². The molecule has 96 valence electrons. The number of hydrogen-bond donors (Lipinski definition) is 2. The highest BCUT2D eigenvalue weighted by molar-refractivity contribution is 7.17. The molecule has 19 heavy (non-hydrogen) atoms. The van der Waals surface area contributed by atoms with Crippen molar-refractivity contribution in [3.63, 3.8) is 0 Å². The smallest absolute Gasteiger partial charge is 0.272 e. The summed E-state index contributed by atoms with van der Waals surface area (Å²) in [6, 6.07) is 8.68. The lowest BCUT2D eigenvalue weighted by Gasteiger charge is -2.06. The van der Waals surface area contributed by atoms with E-state index in [1.54, 1.807) is 29.5 Å². The molecular weight excluding hydrogens is 303 g/mol. The molecule has 0 atom stereocenters. The Morgan fingerprint density at radius 2 is 2.05 bits per heavy atom. The predicted molar refractivity (Wildman–Crippen MR) is 80.6 cm³/mol. The summed E-state index contributed by atoms with van der Waals surface area (Å²) in [6.45, 7) is 0. The van der Waals surface area contributed by atoms with Crippen LogP contribution < -0.4 is 5.32 Å². The van der Waals surface area contributed by atoms with E-state index in [1.165, 1.54) is 0 Å². The lowest BCUT2D eigenvalue weighted by Crippen LogP contribution is -2.12. The molecule has 3 rings (SSSR count). The van der Waals surface area contributed by atoms with Crippen molar-refractivity contribution in [3.8, 4) is 0 Å². The minimum atomic E-state index is -0.243. The second kappa shape index (κ2) is 4.89. The molecule has 2 heterocycles. The highest BCUT2D eigenvalue weighted by Gasteiger charge is 2.12. The molecule has 1 aromatic carbocycles. The monoisotopic (exact) mass is 310 g/mol. The molecule has 1 amide bonds. The summed E-state index contributed by atoms with van der Waals surface area (Å²) in [5, 5.41) is 5.68. The van der Waals surface area contributed by atoms with Gasteiger partial charge in [-0.25, -0.2) is 0 Å². The van der Waals surface area contributed by atoms with Crippen LogP contribution in [-0.4, -0.2) is 10.9 Å². The van der Waals surface area contributed by atoms with Crippen LogP contribution in [0.2, 0.25) is 10.0 Å². The number of thiophene rings is 1. The Bertz CT molecular complexity index is 734. The van der Waals surface area contributed by atoms with Crippen LogP contribution >= 0.6 is 34.5 Å². The zero-order chi connectivity index (χ0) is 13.4. The SMILES string of the molecule is O=C(Nc1cc(Cl)ccc1Cl)c1cc2sccc2[nH]1. The Labute approximate surface area is 123 Å². The molecule has 0 radical (unpaired) electrons. The molecule has 6 heteroatoms. The van der Waals surface area contributed by atoms with E-state index < -0.39 is 0 Å². The highest BCUT2D eigenvalue weighted by atomic mass is 35.5. The third-order valence-corrected chi connectivity index (χ3v) is 4.09. The van der Waals surface area contributed by atoms with Crippen LogP contribution in [0, 0.1) is 0 Å². The quantitative estimate of drug-likeness (QED) is 0.702. The molecule has 0 spiro atoms. The molecule has 2 N–H and O–H groups in total. The van der Waals surface area contributed by atoms with Gasteiger partial charge >= 0.3 is 0 Å². The number of fused-ring (bicyclic) bond motifs is 1. The van der Waals surface area contributed by atoms with Crippen LogP contribution in [0.5, 0.6) is 0 Å². The fourth-order valence-electron chi connectivity index (χ4n) is 1.75. The molecule has 0 bridgehead atoms. The third kappa shape index (κ3) is 2.47. The van der Waals surface area contributed by atoms with Crippen molar-refractivity contribution in [1.29, 1.82) is 0 Å². The molecule has 0 aliphatic rings. The number of carbonyl (C=O) groups is 1. The molecule has 0 saturated heterocycles. The number of halogens is 2. The summed E-state index contributed by atoms with van der Waals surface area (Å²) in [4.78, 5) is 15.2. The number of nitrogens with one attached hydrogen (secondary N) is 2. The number of H-pyrrole nitrogens is 1. The van der Waals surface area contributed by atoms with Gasteiger partial charge in [0.1, 0.15) is 5.69 Å². The number of aromatic nitrogens is 1. The average molecular weight is 311 g/mol. The van der Waals surface area contributed by atoms with E-state index in [-0.39, 0.29) is 5.91 Å². The van der Waals surface area contributed by atoms with Crippen molar-refractivity contribution in [1.82, 2.24) is 4.98 Å². The first-order valence-corrected chi connectivity index (χ1v) is 7.09. The number of aromatic amines is 1. The van der Waals surface area contributed by atoms with E-state index in [0.717, 1.165) is 10.2 Å². The van der Waals surface area contributed by atoms with Crippen LogP contribution in [0.4, 0.5) is 5.69 Å². The molecule has 0 aliphatic carbocycles. The minimum Gasteiger partial charge on any atom is -0.350 e. The summed E-state index contributed by atoms with van der Waals surface area (Å²) in [5.41, 5.74) is 1.95. The topological polar surface area (TPSA) is 44.9 Å². The number of rotatable bonds is 2. The summed E-state index contributed by atoms with van der Waals surface area (Å²) >= 11 is 13.5. The van der Waals surface area contributed by atoms with Crippen LogP contribution in [-0.2, 0) is 0 Å². The van der Waals surface area contributed by atoms with Gasteiger partial charge in [0.05, 0.1) is 20.9 Å². The standard InChI is InChI=1S/C13H8Cl2N2OS/c14-7-1-2-8(15)10(5-7)17-13(18)11-6-12-9(16-11)3-4-19-12/h1-6,16H,(H,17,18). The van der Waals surface area contributed by atoms with E-state index in [2.05, 4.69) is 10.3 Å². The lowest BCUT2D eigenvalue weighted by atomic mass is 10.3. The second-order valence-electron chi connectivity index (χ2n) is 3.96. The Morgan fingerprint density at radius 3 is 2.84 bits per heavy atom. The van der Waals surface area contributed by atoms with Crippen molar-refractivity contribution < 1.29 is 4.79 Å². The summed E-state index contributed by atoms with van der Waals surface area (Å²) in [6.07, 6.45) is 0. The van der Waals surface area contributed by atoms with Gasteiger partial charge in [0, 0.05) is 5.02 Å². The Kier molecular flexibility index (Phi) is 3.22. The van der Waals surface area contributed by atoms with Crippen LogP contribution in [0.25, 0.3) is 10.2 Å². The first-order chi connectivity index (χ1) is 9.13. The van der Waals surface area contributed by atoms with E-state index in [9.17, 15) is 4.79 Å². The summed E-state index contributed by atoms with van der Waals surface area (Å²) < 4.78 is 1.04. The zero-order valence-electron chi connectivity index (χ0n) is 9.54. The van der Waals surface area contributed by atoms with Crippen molar-refractivity contribution in [2.24, 2.45) is 0 Å². The molecular formula is C13H8Cl2N2OS. The normalized spacial score (nSPS) is 10.8. The highest BCUT2D eigenvalue weighted by Crippen LogP contribution is 2.27. The number of benzene rings is 1. The Morgan fingerprint density at radius 1 is 1.21 bits per heavy atom. The Balaban J connectivity index is 1.88. The largest absolute Gasteiger partial charge is 0.350 e. The summed E-state index contributed by atoms with van der Waals surface area (Å²) in [7, 11) is 0. The van der Waals surface area contributed by atoms with Crippen molar-refractivity contribution in [3.05, 3.63) is 51.5 Å². The van der Waals surface area contributed by atoms with Gasteiger partial charge in [-0.2, -0.15) is 0 Å². The van der Waals surface area contributed by atoms with Crippen molar-refractivity contribution >= 4 is 56.3 Å². The van der Waals surface area contributed by atoms with E-state index in [1.807, 2.05) is 17.5 Å². The van der Waals surface area contributed by atoms with Gasteiger partial charge in [0.15, 0.2) is 0 Å². The maximum atomic E-state index is 12.1. The molecule has 3 nitrogen and oxygen atoms in total. The minimum absolute atomic E-state index is 0.243. The zero-order valence-corrected chi connectivity index (χ0v) is 11.9. The molecule has 2 aromatic heterocycles. The summed E-state index contributed by atoms with van der Waals surface area (Å²) in [5.74, 6) is -0.243.